The van der Waals surface area contributed by atoms with Gasteiger partial charge in [0.05, 0.1) is 24.6 Å². The number of pyridine rings is 1. The molecule has 5 rings (SSSR count). The van der Waals surface area contributed by atoms with E-state index in [2.05, 4.69) is 5.38 Å². The third-order valence-corrected chi connectivity index (χ3v) is 7.34. The molecule has 2 aliphatic rings. The maximum atomic E-state index is 13.2. The monoisotopic (exact) mass is 438 g/mol. The highest BCUT2D eigenvalue weighted by molar-refractivity contribution is 7.10. The Morgan fingerprint density at radius 3 is 2.77 bits per heavy atom. The van der Waals surface area contributed by atoms with E-state index in [4.69, 9.17) is 15.2 Å². The maximum Gasteiger partial charge on any atom is 0.343 e. The smallest absolute Gasteiger partial charge is 0.343 e. The van der Waals surface area contributed by atoms with Gasteiger partial charge in [-0.25, -0.2) is 4.79 Å². The van der Waals surface area contributed by atoms with Gasteiger partial charge in [0, 0.05) is 34.3 Å². The first kappa shape index (κ1) is 20.3. The Hall–Kier alpha value is -2.64. The lowest BCUT2D eigenvalue weighted by molar-refractivity contribution is 0.0524. The van der Waals surface area contributed by atoms with Crippen LogP contribution in [0.1, 0.15) is 65.5 Å². The number of carbonyl (C=O) groups excluding carboxylic acids is 1. The first-order chi connectivity index (χ1) is 15.0. The van der Waals surface area contributed by atoms with Crippen molar-refractivity contribution in [2.75, 3.05) is 13.7 Å². The van der Waals surface area contributed by atoms with Gasteiger partial charge in [-0.15, -0.1) is 11.3 Å². The van der Waals surface area contributed by atoms with Crippen molar-refractivity contribution in [3.8, 4) is 16.9 Å². The van der Waals surface area contributed by atoms with Crippen LogP contribution >= 0.6 is 11.3 Å². The highest BCUT2D eigenvalue weighted by Gasteiger charge is 2.31. The number of thiophene rings is 1. The van der Waals surface area contributed by atoms with Gasteiger partial charge in [0.1, 0.15) is 5.56 Å². The summed E-state index contributed by atoms with van der Waals surface area (Å²) in [5.74, 6) is 0.0833. The van der Waals surface area contributed by atoms with E-state index in [1.807, 2.05) is 16.7 Å². The molecule has 1 fully saturated rings. The second-order valence-electron chi connectivity index (χ2n) is 8.26. The zero-order valence-corrected chi connectivity index (χ0v) is 18.6. The second kappa shape index (κ2) is 7.80. The van der Waals surface area contributed by atoms with Gasteiger partial charge in [-0.1, -0.05) is 0 Å². The van der Waals surface area contributed by atoms with Gasteiger partial charge in [0.15, 0.2) is 5.75 Å². The highest BCUT2D eigenvalue weighted by atomic mass is 32.1. The topological polar surface area (TPSA) is 83.6 Å². The van der Waals surface area contributed by atoms with Crippen molar-refractivity contribution in [3.05, 3.63) is 49.9 Å². The lowest BCUT2D eigenvalue weighted by atomic mass is 9.88. The summed E-state index contributed by atoms with van der Waals surface area (Å²) in [6, 6.07) is 4.01. The molecule has 1 aromatic carbocycles. The summed E-state index contributed by atoms with van der Waals surface area (Å²) in [6.07, 6.45) is 6.81. The minimum Gasteiger partial charge on any atom is -0.494 e. The van der Waals surface area contributed by atoms with Crippen LogP contribution in [-0.2, 0) is 11.2 Å². The minimum atomic E-state index is -0.579. The highest BCUT2D eigenvalue weighted by Crippen LogP contribution is 2.47. The Kier molecular flexibility index (Phi) is 5.10. The molecule has 0 aliphatic heterocycles. The molecular weight excluding hydrogens is 412 g/mol. The van der Waals surface area contributed by atoms with Crippen LogP contribution in [-0.4, -0.2) is 24.3 Å². The maximum absolute atomic E-state index is 13.2. The quantitative estimate of drug-likeness (QED) is 0.589. The fourth-order valence-electron chi connectivity index (χ4n) is 4.67. The average Bonchev–Trinajstić information content (AvgIpc) is 3.52. The third-order valence-electron chi connectivity index (χ3n) is 6.28. The molecule has 1 atom stereocenters. The fourth-order valence-corrected chi connectivity index (χ4v) is 5.84. The van der Waals surface area contributed by atoms with Crippen LogP contribution in [0, 0.1) is 0 Å². The first-order valence-corrected chi connectivity index (χ1v) is 11.7. The number of methoxy groups -OCH3 is 1. The Balaban J connectivity index is 1.78. The Labute approximate surface area is 184 Å². The zero-order chi connectivity index (χ0) is 21.7. The van der Waals surface area contributed by atoms with Crippen LogP contribution in [0.15, 0.2) is 28.5 Å². The van der Waals surface area contributed by atoms with Crippen molar-refractivity contribution < 1.29 is 14.3 Å². The van der Waals surface area contributed by atoms with E-state index in [-0.39, 0.29) is 29.7 Å². The third kappa shape index (κ3) is 3.27. The number of rotatable bonds is 5. The molecule has 2 heterocycles. The zero-order valence-electron chi connectivity index (χ0n) is 17.8. The molecule has 2 aliphatic carbocycles. The average molecular weight is 439 g/mol. The molecule has 1 saturated carbocycles. The van der Waals surface area contributed by atoms with E-state index < -0.39 is 5.97 Å². The van der Waals surface area contributed by atoms with E-state index >= 15 is 0 Å². The number of nitrogens with two attached hydrogens (primary N) is 1. The standard InChI is InChI=1S/C24H26N2O4S/c1-3-30-24(28)16-11-26(13-7-8-13)21-15(22(16)27)10-9-14(23(21)29-2)17-12-31-19-6-4-5-18(25)20(17)19/h9-13,18H,3-8,25H2,1-2H3. The number of aromatic nitrogens is 1. The molecule has 2 N–H and O–H groups in total. The van der Waals surface area contributed by atoms with Crippen molar-refractivity contribution in [2.24, 2.45) is 5.73 Å². The molecule has 1 unspecified atom stereocenters. The molecule has 0 saturated heterocycles. The SMILES string of the molecule is CCOC(=O)c1cn(C2CC2)c2c(OC)c(-c3csc4c3C(N)CCC4)ccc2c1=O. The molecule has 3 aromatic rings. The molecule has 0 amide bonds. The molecule has 162 valence electrons. The molecule has 2 aromatic heterocycles. The number of hydrogen-bond acceptors (Lipinski definition) is 6. The number of hydrogen-bond donors (Lipinski definition) is 1. The Morgan fingerprint density at radius 1 is 1.26 bits per heavy atom. The van der Waals surface area contributed by atoms with Crippen LogP contribution in [0.25, 0.3) is 22.0 Å². The van der Waals surface area contributed by atoms with Gasteiger partial charge in [0.2, 0.25) is 5.43 Å². The van der Waals surface area contributed by atoms with E-state index in [0.29, 0.717) is 11.1 Å². The summed E-state index contributed by atoms with van der Waals surface area (Å²) in [7, 11) is 1.64. The molecule has 6 nitrogen and oxygen atoms in total. The van der Waals surface area contributed by atoms with Crippen LogP contribution in [0.5, 0.6) is 5.75 Å². The molecule has 7 heteroatoms. The van der Waals surface area contributed by atoms with Crippen molar-refractivity contribution in [1.82, 2.24) is 4.57 Å². The number of nitrogens with zero attached hydrogens (tertiary/aromatic N) is 1. The molecule has 0 bridgehead atoms. The van der Waals surface area contributed by atoms with Crippen LogP contribution in [0.2, 0.25) is 0 Å². The summed E-state index contributed by atoms with van der Waals surface area (Å²) in [5.41, 5.74) is 10.2. The molecule has 31 heavy (non-hydrogen) atoms. The van der Waals surface area contributed by atoms with E-state index in [0.717, 1.165) is 48.7 Å². The van der Waals surface area contributed by atoms with Crippen molar-refractivity contribution in [3.63, 3.8) is 0 Å². The van der Waals surface area contributed by atoms with E-state index in [9.17, 15) is 9.59 Å². The van der Waals surface area contributed by atoms with Crippen LogP contribution < -0.4 is 15.9 Å². The number of esters is 1. The number of aryl methyl sites for hydroxylation is 1. The minimum absolute atomic E-state index is 0.0159. The Bertz CT molecular complexity index is 1240. The van der Waals surface area contributed by atoms with Crippen molar-refractivity contribution >= 4 is 28.2 Å². The van der Waals surface area contributed by atoms with Gasteiger partial charge in [-0.2, -0.15) is 0 Å². The first-order valence-electron chi connectivity index (χ1n) is 10.8. The van der Waals surface area contributed by atoms with Gasteiger partial charge < -0.3 is 19.8 Å². The molecular formula is C24H26N2O4S. The number of benzene rings is 1. The van der Waals surface area contributed by atoms with E-state index in [1.54, 1.807) is 31.6 Å². The number of carbonyl (C=O) groups is 1. The van der Waals surface area contributed by atoms with E-state index in [1.165, 1.54) is 10.4 Å². The van der Waals surface area contributed by atoms with Crippen molar-refractivity contribution in [1.29, 1.82) is 0 Å². The summed E-state index contributed by atoms with van der Waals surface area (Å²) in [5, 5.41) is 2.64. The molecule has 0 radical (unpaired) electrons. The van der Waals surface area contributed by atoms with Crippen LogP contribution in [0.4, 0.5) is 0 Å². The van der Waals surface area contributed by atoms with Gasteiger partial charge in [-0.05, 0) is 62.1 Å². The predicted octanol–water partition coefficient (Wildman–Crippen LogP) is 4.59. The van der Waals surface area contributed by atoms with Gasteiger partial charge in [-0.3, -0.25) is 4.79 Å². The van der Waals surface area contributed by atoms with Gasteiger partial charge in [0.25, 0.3) is 0 Å². The molecule has 0 spiro atoms. The fraction of sp³-hybridized carbons (Fsp3) is 0.417. The normalized spacial score (nSPS) is 18.1. The number of ether oxygens (including phenoxy) is 2. The Morgan fingerprint density at radius 2 is 2.06 bits per heavy atom. The lowest BCUT2D eigenvalue weighted by Gasteiger charge is -2.22. The van der Waals surface area contributed by atoms with Gasteiger partial charge >= 0.3 is 5.97 Å². The largest absolute Gasteiger partial charge is 0.494 e. The summed E-state index contributed by atoms with van der Waals surface area (Å²) in [4.78, 5) is 27.0. The van der Waals surface area contributed by atoms with Crippen molar-refractivity contribution in [2.45, 2.75) is 51.1 Å². The second-order valence-corrected chi connectivity index (χ2v) is 9.22. The summed E-state index contributed by atoms with van der Waals surface area (Å²) < 4.78 is 13.1. The summed E-state index contributed by atoms with van der Waals surface area (Å²) >= 11 is 1.75. The summed E-state index contributed by atoms with van der Waals surface area (Å²) in [6.45, 7) is 1.96. The lowest BCUT2D eigenvalue weighted by Crippen LogP contribution is -2.21. The number of fused-ring (bicyclic) bond motifs is 2. The predicted molar refractivity (Wildman–Crippen MR) is 122 cm³/mol. The van der Waals surface area contributed by atoms with Crippen LogP contribution in [0.3, 0.4) is 0 Å².